The van der Waals surface area contributed by atoms with E-state index in [1.807, 2.05) is 0 Å². The molecule has 21 heavy (non-hydrogen) atoms. The Labute approximate surface area is 124 Å². The number of nitrogens with one attached hydrogen (secondary N) is 1. The number of nitrogens with two attached hydrogens (primary N) is 1. The molecule has 0 radical (unpaired) electrons. The van der Waals surface area contributed by atoms with Gasteiger partial charge in [0, 0.05) is 25.6 Å². The van der Waals surface area contributed by atoms with E-state index in [1.54, 1.807) is 0 Å². The minimum atomic E-state index is -0.405. The lowest BCUT2D eigenvalue weighted by Gasteiger charge is -2.20. The van der Waals surface area contributed by atoms with Gasteiger partial charge in [-0.15, -0.1) is 0 Å². The molecule has 2 rings (SSSR count). The standard InChI is InChI=1S/C15H23FN4O/c1-19(2)12-5-7-20(10-12)8-6-15(21)18-14-4-3-11(16)9-13(14)17/h3-4,9,12H,5-8,10,17H2,1-2H3,(H,18,21). The number of carbonyl (C=O) groups is 1. The Hall–Kier alpha value is -1.66. The van der Waals surface area contributed by atoms with Crippen molar-refractivity contribution in [2.75, 3.05) is 44.8 Å². The molecule has 0 aromatic heterocycles. The maximum atomic E-state index is 12.9. The fraction of sp³-hybridized carbons (Fsp3) is 0.533. The van der Waals surface area contributed by atoms with Gasteiger partial charge in [0.05, 0.1) is 11.4 Å². The minimum absolute atomic E-state index is 0.0957. The van der Waals surface area contributed by atoms with Crippen molar-refractivity contribution in [1.29, 1.82) is 0 Å². The highest BCUT2D eigenvalue weighted by Crippen LogP contribution is 2.19. The topological polar surface area (TPSA) is 61.6 Å². The maximum absolute atomic E-state index is 12.9. The lowest BCUT2D eigenvalue weighted by Crippen LogP contribution is -2.32. The molecular weight excluding hydrogens is 271 g/mol. The van der Waals surface area contributed by atoms with Gasteiger partial charge in [-0.25, -0.2) is 4.39 Å². The van der Waals surface area contributed by atoms with Crippen LogP contribution in [0.3, 0.4) is 0 Å². The summed E-state index contributed by atoms with van der Waals surface area (Å²) in [7, 11) is 4.16. The quantitative estimate of drug-likeness (QED) is 0.805. The first kappa shape index (κ1) is 15.7. The van der Waals surface area contributed by atoms with Crippen LogP contribution < -0.4 is 11.1 Å². The first-order chi connectivity index (χ1) is 9.95. The molecule has 6 heteroatoms. The van der Waals surface area contributed by atoms with Gasteiger partial charge in [0.1, 0.15) is 5.82 Å². The van der Waals surface area contributed by atoms with Crippen molar-refractivity contribution in [3.63, 3.8) is 0 Å². The van der Waals surface area contributed by atoms with E-state index in [4.69, 9.17) is 5.73 Å². The second kappa shape index (κ2) is 6.87. The van der Waals surface area contributed by atoms with Crippen molar-refractivity contribution in [1.82, 2.24) is 9.80 Å². The molecule has 0 spiro atoms. The van der Waals surface area contributed by atoms with Gasteiger partial charge >= 0.3 is 0 Å². The number of benzene rings is 1. The summed E-state index contributed by atoms with van der Waals surface area (Å²) in [5.74, 6) is -0.501. The zero-order valence-corrected chi connectivity index (χ0v) is 12.6. The fourth-order valence-electron chi connectivity index (χ4n) is 2.56. The summed E-state index contributed by atoms with van der Waals surface area (Å²) in [4.78, 5) is 16.4. The molecule has 1 aromatic carbocycles. The van der Waals surface area contributed by atoms with Crippen LogP contribution in [-0.2, 0) is 4.79 Å². The van der Waals surface area contributed by atoms with Crippen LogP contribution in [0.2, 0.25) is 0 Å². The molecule has 1 aliphatic heterocycles. The number of nitrogens with zero attached hydrogens (tertiary/aromatic N) is 2. The number of anilines is 2. The van der Waals surface area contributed by atoms with Crippen LogP contribution >= 0.6 is 0 Å². The Morgan fingerprint density at radius 2 is 2.29 bits per heavy atom. The number of rotatable bonds is 5. The van der Waals surface area contributed by atoms with Crippen molar-refractivity contribution in [3.8, 4) is 0 Å². The van der Waals surface area contributed by atoms with Gasteiger partial charge in [-0.1, -0.05) is 0 Å². The minimum Gasteiger partial charge on any atom is -0.397 e. The first-order valence-electron chi connectivity index (χ1n) is 7.19. The highest BCUT2D eigenvalue weighted by molar-refractivity contribution is 5.93. The number of halogens is 1. The van der Waals surface area contributed by atoms with Crippen LogP contribution in [-0.4, -0.2) is 55.5 Å². The third-order valence-corrected chi connectivity index (χ3v) is 3.92. The van der Waals surface area contributed by atoms with Crippen LogP contribution in [0.15, 0.2) is 18.2 Å². The fourth-order valence-corrected chi connectivity index (χ4v) is 2.56. The lowest BCUT2D eigenvalue weighted by atomic mass is 10.2. The summed E-state index contributed by atoms with van der Waals surface area (Å²) in [6, 6.07) is 4.55. The van der Waals surface area contributed by atoms with E-state index in [-0.39, 0.29) is 11.6 Å². The summed E-state index contributed by atoms with van der Waals surface area (Å²) >= 11 is 0. The number of likely N-dealkylation sites (N-methyl/N-ethyl adjacent to an activating group) is 1. The van der Waals surface area contributed by atoms with Crippen molar-refractivity contribution in [2.45, 2.75) is 18.9 Å². The van der Waals surface area contributed by atoms with E-state index < -0.39 is 5.82 Å². The second-order valence-electron chi connectivity index (χ2n) is 5.74. The van der Waals surface area contributed by atoms with Gasteiger partial charge in [0.25, 0.3) is 0 Å². The van der Waals surface area contributed by atoms with Gasteiger partial charge in [-0.3, -0.25) is 4.79 Å². The largest absolute Gasteiger partial charge is 0.397 e. The smallest absolute Gasteiger partial charge is 0.225 e. The number of carbonyl (C=O) groups excluding carboxylic acids is 1. The molecule has 3 N–H and O–H groups in total. The maximum Gasteiger partial charge on any atom is 0.225 e. The molecule has 116 valence electrons. The summed E-state index contributed by atoms with van der Waals surface area (Å²) in [6.07, 6.45) is 1.55. The number of nitrogen functional groups attached to an aromatic ring is 1. The molecule has 1 aliphatic rings. The predicted molar refractivity (Wildman–Crippen MR) is 82.6 cm³/mol. The van der Waals surface area contributed by atoms with E-state index in [0.29, 0.717) is 18.2 Å². The Kier molecular flexibility index (Phi) is 5.14. The van der Waals surface area contributed by atoms with Crippen LogP contribution in [0, 0.1) is 5.82 Å². The van der Waals surface area contributed by atoms with E-state index in [1.165, 1.54) is 18.2 Å². The van der Waals surface area contributed by atoms with Gasteiger partial charge in [0.15, 0.2) is 0 Å². The molecule has 0 bridgehead atoms. The van der Waals surface area contributed by atoms with Gasteiger partial charge in [-0.2, -0.15) is 0 Å². The zero-order valence-electron chi connectivity index (χ0n) is 12.6. The molecule has 0 saturated carbocycles. The number of hydrogen-bond acceptors (Lipinski definition) is 4. The van der Waals surface area contributed by atoms with Gasteiger partial charge in [0.2, 0.25) is 5.91 Å². The number of amides is 1. The highest BCUT2D eigenvalue weighted by atomic mass is 19.1. The molecule has 1 unspecified atom stereocenters. The molecular formula is C15H23FN4O. The average Bonchev–Trinajstić information content (AvgIpc) is 2.89. The Balaban J connectivity index is 1.78. The molecule has 1 amide bonds. The first-order valence-corrected chi connectivity index (χ1v) is 7.19. The SMILES string of the molecule is CN(C)C1CCN(CCC(=O)Nc2ccc(F)cc2N)C1. The summed E-state index contributed by atoms with van der Waals surface area (Å²) in [5.41, 5.74) is 6.38. The highest BCUT2D eigenvalue weighted by Gasteiger charge is 2.23. The van der Waals surface area contributed by atoms with Gasteiger partial charge in [-0.05, 0) is 45.3 Å². The monoisotopic (exact) mass is 294 g/mol. The second-order valence-corrected chi connectivity index (χ2v) is 5.74. The normalized spacial score (nSPS) is 19.1. The summed E-state index contributed by atoms with van der Waals surface area (Å²) in [6.45, 7) is 2.76. The summed E-state index contributed by atoms with van der Waals surface area (Å²) in [5, 5.41) is 2.73. The molecule has 1 saturated heterocycles. The van der Waals surface area contributed by atoms with Crippen LogP contribution in [0.25, 0.3) is 0 Å². The lowest BCUT2D eigenvalue weighted by molar-refractivity contribution is -0.116. The molecule has 1 fully saturated rings. The van der Waals surface area contributed by atoms with E-state index in [0.717, 1.165) is 26.1 Å². The molecule has 0 aliphatic carbocycles. The summed E-state index contributed by atoms with van der Waals surface area (Å²) < 4.78 is 12.9. The van der Waals surface area contributed by atoms with E-state index in [2.05, 4.69) is 29.2 Å². The molecule has 1 aromatic rings. The van der Waals surface area contributed by atoms with Gasteiger partial charge < -0.3 is 20.9 Å². The zero-order chi connectivity index (χ0) is 15.4. The molecule has 1 heterocycles. The van der Waals surface area contributed by atoms with Crippen molar-refractivity contribution in [2.24, 2.45) is 0 Å². The average molecular weight is 294 g/mol. The third-order valence-electron chi connectivity index (χ3n) is 3.92. The number of hydrogen-bond donors (Lipinski definition) is 2. The third kappa shape index (κ3) is 4.41. The Bertz CT molecular complexity index is 506. The van der Waals surface area contributed by atoms with E-state index in [9.17, 15) is 9.18 Å². The van der Waals surface area contributed by atoms with Crippen LogP contribution in [0.5, 0.6) is 0 Å². The molecule has 5 nitrogen and oxygen atoms in total. The predicted octanol–water partition coefficient (Wildman–Crippen LogP) is 1.37. The van der Waals surface area contributed by atoms with Crippen LogP contribution in [0.1, 0.15) is 12.8 Å². The van der Waals surface area contributed by atoms with Crippen molar-refractivity contribution in [3.05, 3.63) is 24.0 Å². The number of likely N-dealkylation sites (tertiary alicyclic amines) is 1. The van der Waals surface area contributed by atoms with E-state index >= 15 is 0 Å². The molecule has 1 atom stereocenters. The Morgan fingerprint density at radius 1 is 1.52 bits per heavy atom. The van der Waals surface area contributed by atoms with Crippen molar-refractivity contribution < 1.29 is 9.18 Å². The van der Waals surface area contributed by atoms with Crippen LogP contribution in [0.4, 0.5) is 15.8 Å². The van der Waals surface area contributed by atoms with Crippen molar-refractivity contribution >= 4 is 17.3 Å². The Morgan fingerprint density at radius 3 is 2.90 bits per heavy atom.